The molecule has 0 aromatic rings. The van der Waals surface area contributed by atoms with E-state index in [9.17, 15) is 14.7 Å². The molecule has 0 radical (unpaired) electrons. The summed E-state index contributed by atoms with van der Waals surface area (Å²) < 4.78 is 10.3. The Kier molecular flexibility index (Phi) is 3.54. The van der Waals surface area contributed by atoms with Crippen molar-refractivity contribution in [2.45, 2.75) is 38.9 Å². The summed E-state index contributed by atoms with van der Waals surface area (Å²) in [4.78, 5) is 20.7. The molecule has 1 saturated heterocycles. The minimum Gasteiger partial charge on any atom is -0.478 e. The number of thioether (sulfide) groups is 1. The zero-order valence-electron chi connectivity index (χ0n) is 9.77. The maximum absolute atomic E-state index is 11.3. The standard InChI is InChI=1S/C10H16O5S/c1-6(11)14-7-5-16-10(15-7,8(12)13)9(2,3)4/h7H,5H2,1-4H3,(H,12,13)/t7-,10+/m0/s1. The van der Waals surface area contributed by atoms with Gasteiger partial charge in [0.15, 0.2) is 0 Å². The predicted molar refractivity (Wildman–Crippen MR) is 58.9 cm³/mol. The average Bonchev–Trinajstić information content (AvgIpc) is 2.46. The summed E-state index contributed by atoms with van der Waals surface area (Å²) in [6, 6.07) is 0. The lowest BCUT2D eigenvalue weighted by Gasteiger charge is -2.35. The van der Waals surface area contributed by atoms with Crippen LogP contribution in [0.1, 0.15) is 27.7 Å². The fraction of sp³-hybridized carbons (Fsp3) is 0.800. The van der Waals surface area contributed by atoms with Gasteiger partial charge in [0, 0.05) is 12.3 Å². The Balaban J connectivity index is 2.86. The van der Waals surface area contributed by atoms with Gasteiger partial charge in [-0.15, -0.1) is 11.8 Å². The van der Waals surface area contributed by atoms with Crippen LogP contribution in [0.2, 0.25) is 0 Å². The number of ether oxygens (including phenoxy) is 2. The molecule has 2 atom stereocenters. The van der Waals surface area contributed by atoms with Crippen molar-refractivity contribution in [2.24, 2.45) is 5.41 Å². The summed E-state index contributed by atoms with van der Waals surface area (Å²) in [5.41, 5.74) is -0.585. The molecule has 1 heterocycles. The summed E-state index contributed by atoms with van der Waals surface area (Å²) in [5.74, 6) is -1.18. The lowest BCUT2D eigenvalue weighted by atomic mass is 9.88. The van der Waals surface area contributed by atoms with Crippen molar-refractivity contribution in [1.82, 2.24) is 0 Å². The van der Waals surface area contributed by atoms with E-state index in [1.807, 2.05) is 0 Å². The summed E-state index contributed by atoms with van der Waals surface area (Å²) in [5, 5.41) is 9.26. The van der Waals surface area contributed by atoms with Gasteiger partial charge in [0.05, 0.1) is 5.75 Å². The molecule has 1 aliphatic heterocycles. The lowest BCUT2D eigenvalue weighted by molar-refractivity contribution is -0.204. The first-order valence-electron chi connectivity index (χ1n) is 4.91. The van der Waals surface area contributed by atoms with Gasteiger partial charge in [0.25, 0.3) is 0 Å². The summed E-state index contributed by atoms with van der Waals surface area (Å²) in [6.07, 6.45) is -0.780. The van der Waals surface area contributed by atoms with E-state index in [1.165, 1.54) is 6.92 Å². The first-order valence-corrected chi connectivity index (χ1v) is 5.90. The number of carboxylic acid groups (broad SMARTS) is 1. The van der Waals surface area contributed by atoms with Gasteiger partial charge in [-0.1, -0.05) is 20.8 Å². The Labute approximate surface area is 98.5 Å². The zero-order valence-corrected chi connectivity index (χ0v) is 10.6. The second-order valence-electron chi connectivity index (χ2n) is 4.64. The third-order valence-electron chi connectivity index (χ3n) is 2.29. The number of carbonyl (C=O) groups is 2. The zero-order chi connectivity index (χ0) is 12.6. The molecule has 0 bridgehead atoms. The van der Waals surface area contributed by atoms with E-state index in [-0.39, 0.29) is 0 Å². The third-order valence-corrected chi connectivity index (χ3v) is 4.02. The Morgan fingerprint density at radius 3 is 2.38 bits per heavy atom. The Morgan fingerprint density at radius 1 is 1.50 bits per heavy atom. The molecule has 0 unspecified atom stereocenters. The predicted octanol–water partition coefficient (Wildman–Crippen LogP) is 1.47. The highest BCUT2D eigenvalue weighted by Crippen LogP contribution is 2.49. The minimum absolute atomic E-state index is 0.336. The molecular weight excluding hydrogens is 232 g/mol. The van der Waals surface area contributed by atoms with E-state index >= 15 is 0 Å². The number of rotatable bonds is 2. The first kappa shape index (κ1) is 13.3. The van der Waals surface area contributed by atoms with Crippen LogP contribution in [0.5, 0.6) is 0 Å². The topological polar surface area (TPSA) is 72.8 Å². The molecule has 5 nitrogen and oxygen atoms in total. The first-order chi connectivity index (χ1) is 7.19. The van der Waals surface area contributed by atoms with Crippen LogP contribution in [-0.2, 0) is 19.1 Å². The molecular formula is C10H16O5S. The molecule has 0 spiro atoms. The van der Waals surface area contributed by atoms with Crippen LogP contribution in [0.4, 0.5) is 0 Å². The monoisotopic (exact) mass is 248 g/mol. The van der Waals surface area contributed by atoms with Crippen molar-refractivity contribution < 1.29 is 24.2 Å². The van der Waals surface area contributed by atoms with E-state index in [2.05, 4.69) is 0 Å². The lowest BCUT2D eigenvalue weighted by Crippen LogP contribution is -2.48. The van der Waals surface area contributed by atoms with Crippen LogP contribution >= 0.6 is 11.8 Å². The molecule has 0 aliphatic carbocycles. The van der Waals surface area contributed by atoms with E-state index < -0.39 is 28.6 Å². The maximum Gasteiger partial charge on any atom is 0.347 e. The second-order valence-corrected chi connectivity index (χ2v) is 5.84. The molecule has 16 heavy (non-hydrogen) atoms. The van der Waals surface area contributed by atoms with Crippen molar-refractivity contribution in [2.75, 3.05) is 5.75 Å². The number of aliphatic carboxylic acids is 1. The number of carboxylic acids is 1. The molecule has 1 fully saturated rings. The molecule has 1 aliphatic rings. The molecule has 6 heteroatoms. The van der Waals surface area contributed by atoms with Gasteiger partial charge in [-0.3, -0.25) is 4.79 Å². The van der Waals surface area contributed by atoms with Crippen LogP contribution in [0.3, 0.4) is 0 Å². The van der Waals surface area contributed by atoms with Gasteiger partial charge in [-0.25, -0.2) is 4.79 Å². The van der Waals surface area contributed by atoms with Crippen LogP contribution in [0.15, 0.2) is 0 Å². The Morgan fingerprint density at radius 2 is 2.06 bits per heavy atom. The molecule has 0 amide bonds. The summed E-state index contributed by atoms with van der Waals surface area (Å²) in [7, 11) is 0. The molecule has 1 rings (SSSR count). The Bertz CT molecular complexity index is 309. The van der Waals surface area contributed by atoms with Crippen molar-refractivity contribution >= 4 is 23.7 Å². The third kappa shape index (κ3) is 2.32. The number of esters is 1. The van der Waals surface area contributed by atoms with E-state index in [0.29, 0.717) is 5.75 Å². The molecule has 92 valence electrons. The van der Waals surface area contributed by atoms with E-state index in [1.54, 1.807) is 20.8 Å². The second kappa shape index (κ2) is 4.25. The van der Waals surface area contributed by atoms with Gasteiger partial charge >= 0.3 is 11.9 Å². The highest BCUT2D eigenvalue weighted by molar-refractivity contribution is 8.01. The molecule has 1 N–H and O–H groups in total. The van der Waals surface area contributed by atoms with Gasteiger partial charge in [-0.05, 0) is 0 Å². The van der Waals surface area contributed by atoms with Crippen LogP contribution in [0.25, 0.3) is 0 Å². The summed E-state index contributed by atoms with van der Waals surface area (Å²) in [6.45, 7) is 6.62. The maximum atomic E-state index is 11.3. The van der Waals surface area contributed by atoms with Crippen LogP contribution in [0, 0.1) is 5.41 Å². The van der Waals surface area contributed by atoms with Crippen LogP contribution in [-0.4, -0.2) is 34.0 Å². The highest BCUT2D eigenvalue weighted by atomic mass is 32.2. The van der Waals surface area contributed by atoms with Gasteiger partial charge < -0.3 is 14.6 Å². The van der Waals surface area contributed by atoms with Gasteiger partial charge in [0.1, 0.15) is 0 Å². The number of carbonyl (C=O) groups excluding carboxylic acids is 1. The summed E-state index contributed by atoms with van der Waals surface area (Å²) >= 11 is 1.16. The Hall–Kier alpha value is -0.750. The minimum atomic E-state index is -1.35. The fourth-order valence-corrected chi connectivity index (χ4v) is 2.75. The number of hydrogen-bond acceptors (Lipinski definition) is 5. The molecule has 0 saturated carbocycles. The van der Waals surface area contributed by atoms with Crippen molar-refractivity contribution in [3.63, 3.8) is 0 Å². The largest absolute Gasteiger partial charge is 0.478 e. The van der Waals surface area contributed by atoms with Crippen molar-refractivity contribution in [1.29, 1.82) is 0 Å². The smallest absolute Gasteiger partial charge is 0.347 e. The van der Waals surface area contributed by atoms with Crippen molar-refractivity contribution in [3.05, 3.63) is 0 Å². The molecule has 0 aromatic heterocycles. The highest BCUT2D eigenvalue weighted by Gasteiger charge is 2.57. The quantitative estimate of drug-likeness (QED) is 0.746. The SMILES string of the molecule is CC(=O)O[C@@H]1CS[C@](C(=O)O)(C(C)(C)C)O1. The fourth-order valence-electron chi connectivity index (χ4n) is 1.51. The van der Waals surface area contributed by atoms with Gasteiger partial charge in [0.2, 0.25) is 11.2 Å². The van der Waals surface area contributed by atoms with E-state index in [4.69, 9.17) is 9.47 Å². The average molecular weight is 248 g/mol. The normalized spacial score (nSPS) is 30.1. The molecule has 0 aromatic carbocycles. The van der Waals surface area contributed by atoms with E-state index in [0.717, 1.165) is 11.8 Å². The number of hydrogen-bond donors (Lipinski definition) is 1. The van der Waals surface area contributed by atoms with Gasteiger partial charge in [-0.2, -0.15) is 0 Å². The van der Waals surface area contributed by atoms with Crippen LogP contribution < -0.4 is 0 Å². The van der Waals surface area contributed by atoms with Crippen molar-refractivity contribution in [3.8, 4) is 0 Å².